The molecule has 2 heteroatoms. The first kappa shape index (κ1) is 12.3. The average Bonchev–Trinajstić information content (AvgIpc) is 2.30. The summed E-state index contributed by atoms with van der Waals surface area (Å²) < 4.78 is 0.654. The van der Waals surface area contributed by atoms with E-state index in [-0.39, 0.29) is 5.48 Å². The number of benzene rings is 2. The van der Waals surface area contributed by atoms with Crippen LogP contribution in [0.15, 0.2) is 60.7 Å². The Morgan fingerprint density at radius 3 is 1.33 bits per heavy atom. The van der Waals surface area contributed by atoms with Crippen molar-refractivity contribution >= 4 is 22.5 Å². The van der Waals surface area contributed by atoms with Crippen LogP contribution in [0, 0.1) is 0 Å². The van der Waals surface area contributed by atoms with Crippen molar-refractivity contribution in [3.63, 3.8) is 0 Å². The first-order chi connectivity index (χ1) is 6.88. The van der Waals surface area contributed by atoms with Gasteiger partial charge in [0.05, 0.1) is 0 Å². The molecular weight excluding hydrogens is 291 g/mol. The fourth-order valence-corrected chi connectivity index (χ4v) is 3.12. The SMILES string of the molecule is O.[SnH2][CH](c1ccccc1)c1ccccc1. The van der Waals surface area contributed by atoms with Crippen molar-refractivity contribution in [2.75, 3.05) is 0 Å². The molecule has 0 saturated carbocycles. The molecule has 0 fully saturated rings. The van der Waals surface area contributed by atoms with Gasteiger partial charge in [-0.1, -0.05) is 0 Å². The molecule has 0 amide bonds. The van der Waals surface area contributed by atoms with Gasteiger partial charge in [0.25, 0.3) is 0 Å². The van der Waals surface area contributed by atoms with Crippen molar-refractivity contribution in [2.24, 2.45) is 0 Å². The molecule has 77 valence electrons. The summed E-state index contributed by atoms with van der Waals surface area (Å²) in [6.07, 6.45) is 0. The van der Waals surface area contributed by atoms with Crippen molar-refractivity contribution in [2.45, 2.75) is 3.93 Å². The van der Waals surface area contributed by atoms with Crippen LogP contribution in [-0.4, -0.2) is 28.0 Å². The molecule has 2 aromatic carbocycles. The third-order valence-electron chi connectivity index (χ3n) is 2.40. The van der Waals surface area contributed by atoms with E-state index in [0.717, 1.165) is 22.5 Å². The van der Waals surface area contributed by atoms with Crippen LogP contribution in [0.2, 0.25) is 0 Å². The van der Waals surface area contributed by atoms with E-state index in [4.69, 9.17) is 0 Å². The fourth-order valence-electron chi connectivity index (χ4n) is 1.56. The topological polar surface area (TPSA) is 31.5 Å². The molecule has 0 heterocycles. The Labute approximate surface area is 104 Å². The van der Waals surface area contributed by atoms with Gasteiger partial charge in [0, 0.05) is 0 Å². The second-order valence-electron chi connectivity index (χ2n) is 3.37. The molecule has 1 nitrogen and oxygen atoms in total. The van der Waals surface area contributed by atoms with Crippen LogP contribution >= 0.6 is 0 Å². The average molecular weight is 306 g/mol. The van der Waals surface area contributed by atoms with E-state index in [9.17, 15) is 0 Å². The third kappa shape index (κ3) is 3.08. The Balaban J connectivity index is 0.00000112. The van der Waals surface area contributed by atoms with Crippen molar-refractivity contribution in [3.8, 4) is 0 Å². The van der Waals surface area contributed by atoms with E-state index >= 15 is 0 Å². The molecule has 0 saturated heterocycles. The predicted octanol–water partition coefficient (Wildman–Crippen LogP) is 1.58. The summed E-state index contributed by atoms with van der Waals surface area (Å²) in [5.74, 6) is 0. The standard InChI is InChI=1S/C13H11.H2O.Sn.2H/c1-3-7-12(8-4-1)11-13-9-5-2-6-10-13;;;;/h1-11H;1H2;;;. The fraction of sp³-hybridized carbons (Fsp3) is 0.0769. The molecule has 0 aromatic heterocycles. The maximum absolute atomic E-state index is 2.22. The summed E-state index contributed by atoms with van der Waals surface area (Å²) in [6.45, 7) is 0. The van der Waals surface area contributed by atoms with Gasteiger partial charge in [0.1, 0.15) is 0 Å². The van der Waals surface area contributed by atoms with Crippen molar-refractivity contribution in [1.82, 2.24) is 0 Å². The van der Waals surface area contributed by atoms with Crippen molar-refractivity contribution in [3.05, 3.63) is 71.8 Å². The summed E-state index contributed by atoms with van der Waals surface area (Å²) >= 11 is 0.923. The first-order valence-corrected chi connectivity index (χ1v) is 7.14. The maximum atomic E-state index is 2.22. The van der Waals surface area contributed by atoms with Gasteiger partial charge in [-0.2, -0.15) is 0 Å². The molecular formula is C13H15OSn. The minimum absolute atomic E-state index is 0. The molecule has 2 rings (SSSR count). The van der Waals surface area contributed by atoms with Crippen LogP contribution < -0.4 is 0 Å². The minimum atomic E-state index is 0. The van der Waals surface area contributed by atoms with Gasteiger partial charge in [0.2, 0.25) is 0 Å². The Morgan fingerprint density at radius 1 is 0.667 bits per heavy atom. The van der Waals surface area contributed by atoms with Crippen LogP contribution in [-0.2, 0) is 0 Å². The van der Waals surface area contributed by atoms with E-state index in [0.29, 0.717) is 3.93 Å². The van der Waals surface area contributed by atoms with E-state index in [2.05, 4.69) is 60.7 Å². The summed E-state index contributed by atoms with van der Waals surface area (Å²) in [5, 5.41) is 0. The summed E-state index contributed by atoms with van der Waals surface area (Å²) in [5.41, 5.74) is 2.90. The predicted molar refractivity (Wildman–Crippen MR) is 66.9 cm³/mol. The summed E-state index contributed by atoms with van der Waals surface area (Å²) in [7, 11) is 0. The molecule has 2 aromatic rings. The second-order valence-corrected chi connectivity index (χ2v) is 5.70. The van der Waals surface area contributed by atoms with Crippen LogP contribution in [0.25, 0.3) is 0 Å². The van der Waals surface area contributed by atoms with Gasteiger partial charge in [-0.3, -0.25) is 0 Å². The summed E-state index contributed by atoms with van der Waals surface area (Å²) in [4.78, 5) is 0. The normalized spacial score (nSPS) is 9.73. The Kier molecular flexibility index (Phi) is 4.85. The van der Waals surface area contributed by atoms with Gasteiger partial charge in [0.15, 0.2) is 0 Å². The van der Waals surface area contributed by atoms with Crippen LogP contribution in [0.1, 0.15) is 15.1 Å². The van der Waals surface area contributed by atoms with Gasteiger partial charge < -0.3 is 5.48 Å². The number of hydrogen-bond acceptors (Lipinski definition) is 0. The molecule has 0 bridgehead atoms. The molecule has 0 aliphatic heterocycles. The monoisotopic (exact) mass is 307 g/mol. The molecule has 2 N–H and O–H groups in total. The van der Waals surface area contributed by atoms with Gasteiger partial charge in [-0.05, 0) is 0 Å². The zero-order valence-electron chi connectivity index (χ0n) is 8.56. The molecule has 0 aliphatic rings. The molecule has 0 spiro atoms. The van der Waals surface area contributed by atoms with E-state index in [1.807, 2.05) is 0 Å². The third-order valence-corrected chi connectivity index (χ3v) is 5.09. The molecule has 15 heavy (non-hydrogen) atoms. The quantitative estimate of drug-likeness (QED) is 0.755. The Morgan fingerprint density at radius 2 is 1.00 bits per heavy atom. The zero-order valence-corrected chi connectivity index (χ0v) is 12.6. The first-order valence-electron chi connectivity index (χ1n) is 4.81. The van der Waals surface area contributed by atoms with Crippen LogP contribution in [0.5, 0.6) is 0 Å². The second kappa shape index (κ2) is 5.93. The van der Waals surface area contributed by atoms with E-state index in [1.54, 1.807) is 0 Å². The van der Waals surface area contributed by atoms with E-state index in [1.165, 1.54) is 11.1 Å². The zero-order chi connectivity index (χ0) is 9.80. The Hall–Kier alpha value is -0.801. The molecule has 1 radical (unpaired) electrons. The van der Waals surface area contributed by atoms with E-state index < -0.39 is 0 Å². The number of rotatable bonds is 2. The summed E-state index contributed by atoms with van der Waals surface area (Å²) in [6, 6.07) is 21.5. The molecule has 0 atom stereocenters. The van der Waals surface area contributed by atoms with Gasteiger partial charge >= 0.3 is 98.2 Å². The van der Waals surface area contributed by atoms with Crippen LogP contribution in [0.4, 0.5) is 0 Å². The molecule has 0 unspecified atom stereocenters. The Bertz CT molecular complexity index is 346. The van der Waals surface area contributed by atoms with Gasteiger partial charge in [-0.25, -0.2) is 0 Å². The molecule has 0 aliphatic carbocycles. The van der Waals surface area contributed by atoms with Crippen LogP contribution in [0.3, 0.4) is 0 Å². The van der Waals surface area contributed by atoms with Crippen molar-refractivity contribution < 1.29 is 5.48 Å². The van der Waals surface area contributed by atoms with Crippen molar-refractivity contribution in [1.29, 1.82) is 0 Å². The number of hydrogen-bond donors (Lipinski definition) is 0. The van der Waals surface area contributed by atoms with Gasteiger partial charge in [-0.15, -0.1) is 0 Å².